The van der Waals surface area contributed by atoms with Crippen molar-refractivity contribution in [2.75, 3.05) is 5.32 Å². The zero-order chi connectivity index (χ0) is 16.9. The molecule has 1 amide bonds. The van der Waals surface area contributed by atoms with Gasteiger partial charge in [-0.2, -0.15) is 5.10 Å². The second kappa shape index (κ2) is 7.27. The van der Waals surface area contributed by atoms with Crippen molar-refractivity contribution in [3.8, 4) is 0 Å². The van der Waals surface area contributed by atoms with Gasteiger partial charge in [0.1, 0.15) is 5.82 Å². The third-order valence-corrected chi connectivity index (χ3v) is 4.58. The van der Waals surface area contributed by atoms with Crippen molar-refractivity contribution in [2.45, 2.75) is 26.4 Å². The molecule has 0 spiro atoms. The maximum absolute atomic E-state index is 12.2. The van der Waals surface area contributed by atoms with Gasteiger partial charge in [-0.05, 0) is 12.5 Å². The average molecular weight is 342 g/mol. The number of carbonyl (C=O) groups is 1. The number of rotatable bonds is 6. The predicted molar refractivity (Wildman–Crippen MR) is 94.3 cm³/mol. The lowest BCUT2D eigenvalue weighted by Gasteiger charge is -2.09. The lowest BCUT2D eigenvalue weighted by atomic mass is 10.2. The van der Waals surface area contributed by atoms with E-state index in [0.29, 0.717) is 18.9 Å². The van der Waals surface area contributed by atoms with E-state index in [1.54, 1.807) is 26.9 Å². The van der Waals surface area contributed by atoms with Crippen LogP contribution in [-0.2, 0) is 17.9 Å². The molecule has 124 valence electrons. The van der Waals surface area contributed by atoms with Crippen molar-refractivity contribution < 1.29 is 4.79 Å². The van der Waals surface area contributed by atoms with Crippen LogP contribution in [0.2, 0.25) is 0 Å². The van der Waals surface area contributed by atoms with Crippen molar-refractivity contribution in [2.24, 2.45) is 0 Å². The van der Waals surface area contributed by atoms with Gasteiger partial charge in [0.05, 0.1) is 12.7 Å². The molecule has 2 heterocycles. The number of aromatic nitrogens is 3. The summed E-state index contributed by atoms with van der Waals surface area (Å²) in [7, 11) is 0. The third-order valence-electron chi connectivity index (χ3n) is 3.70. The van der Waals surface area contributed by atoms with Crippen LogP contribution in [0.3, 0.4) is 0 Å². The van der Waals surface area contributed by atoms with E-state index in [-0.39, 0.29) is 17.2 Å². The number of thiazole rings is 1. The van der Waals surface area contributed by atoms with Gasteiger partial charge in [0.15, 0.2) is 0 Å². The van der Waals surface area contributed by atoms with Crippen molar-refractivity contribution >= 4 is 23.1 Å². The van der Waals surface area contributed by atoms with Crippen LogP contribution < -0.4 is 10.2 Å². The molecule has 6 nitrogen and oxygen atoms in total. The number of amides is 1. The molecule has 0 unspecified atom stereocenters. The Morgan fingerprint density at radius 2 is 2.04 bits per heavy atom. The summed E-state index contributed by atoms with van der Waals surface area (Å²) in [5.41, 5.74) is 1.99. The van der Waals surface area contributed by atoms with Crippen molar-refractivity contribution in [3.63, 3.8) is 0 Å². The molecule has 0 saturated heterocycles. The molecule has 0 aliphatic heterocycles. The Kier molecular flexibility index (Phi) is 4.90. The van der Waals surface area contributed by atoms with Crippen molar-refractivity contribution in [1.82, 2.24) is 14.3 Å². The standard InChI is InChI=1S/C17H18N4O2S/c1-13-12-24-17(23)20(13)10-8-16(22)19-15-7-9-18-21(15)11-14-5-3-2-4-6-14/h2-7,9,12H,8,10-11H2,1H3,(H,19,22). The van der Waals surface area contributed by atoms with E-state index in [2.05, 4.69) is 10.4 Å². The molecule has 0 fully saturated rings. The number of nitrogens with zero attached hydrogens (tertiary/aromatic N) is 3. The van der Waals surface area contributed by atoms with E-state index in [9.17, 15) is 9.59 Å². The molecule has 0 atom stereocenters. The maximum Gasteiger partial charge on any atom is 0.307 e. The minimum Gasteiger partial charge on any atom is -0.311 e. The Bertz CT molecular complexity index is 879. The fourth-order valence-corrected chi connectivity index (χ4v) is 3.18. The molecule has 3 aromatic rings. The smallest absolute Gasteiger partial charge is 0.307 e. The molecule has 3 rings (SSSR count). The minimum absolute atomic E-state index is 0.0329. The van der Waals surface area contributed by atoms with E-state index in [0.717, 1.165) is 22.6 Å². The van der Waals surface area contributed by atoms with Crippen LogP contribution in [0.5, 0.6) is 0 Å². The highest BCUT2D eigenvalue weighted by Gasteiger charge is 2.10. The predicted octanol–water partition coefficient (Wildman–Crippen LogP) is 2.49. The SMILES string of the molecule is Cc1csc(=O)n1CCC(=O)Nc1ccnn1Cc1ccccc1. The zero-order valence-corrected chi connectivity index (χ0v) is 14.1. The first-order chi connectivity index (χ1) is 11.6. The monoisotopic (exact) mass is 342 g/mol. The summed E-state index contributed by atoms with van der Waals surface area (Å²) in [4.78, 5) is 23.8. The topological polar surface area (TPSA) is 68.9 Å². The molecule has 0 aliphatic rings. The van der Waals surface area contributed by atoms with Gasteiger partial charge in [-0.25, -0.2) is 4.68 Å². The molecule has 24 heavy (non-hydrogen) atoms. The van der Waals surface area contributed by atoms with Crippen LogP contribution in [0.15, 0.2) is 52.8 Å². The molecule has 2 aromatic heterocycles. The van der Waals surface area contributed by atoms with Gasteiger partial charge in [-0.3, -0.25) is 9.59 Å². The first kappa shape index (κ1) is 16.2. The first-order valence-electron chi connectivity index (χ1n) is 7.64. The number of anilines is 1. The lowest BCUT2D eigenvalue weighted by Crippen LogP contribution is -2.21. The van der Waals surface area contributed by atoms with Gasteiger partial charge >= 0.3 is 4.87 Å². The highest BCUT2D eigenvalue weighted by atomic mass is 32.1. The van der Waals surface area contributed by atoms with Crippen molar-refractivity contribution in [1.29, 1.82) is 0 Å². The zero-order valence-electron chi connectivity index (χ0n) is 13.3. The van der Waals surface area contributed by atoms with Crippen LogP contribution in [-0.4, -0.2) is 20.3 Å². The van der Waals surface area contributed by atoms with Gasteiger partial charge < -0.3 is 9.88 Å². The largest absolute Gasteiger partial charge is 0.311 e. The Hall–Kier alpha value is -2.67. The molecule has 0 aliphatic carbocycles. The highest BCUT2D eigenvalue weighted by Crippen LogP contribution is 2.11. The number of benzene rings is 1. The molecule has 7 heteroatoms. The summed E-state index contributed by atoms with van der Waals surface area (Å²) in [6.07, 6.45) is 1.90. The number of nitrogens with one attached hydrogen (secondary N) is 1. The average Bonchev–Trinajstić information content (AvgIpc) is 3.13. The Morgan fingerprint density at radius 1 is 1.25 bits per heavy atom. The number of hydrogen-bond acceptors (Lipinski definition) is 4. The molecular weight excluding hydrogens is 324 g/mol. The van der Waals surface area contributed by atoms with E-state index < -0.39 is 0 Å². The lowest BCUT2D eigenvalue weighted by molar-refractivity contribution is -0.116. The van der Waals surface area contributed by atoms with Gasteiger partial charge in [-0.15, -0.1) is 0 Å². The van der Waals surface area contributed by atoms with E-state index in [4.69, 9.17) is 0 Å². The summed E-state index contributed by atoms with van der Waals surface area (Å²) in [6, 6.07) is 11.7. The Balaban J connectivity index is 1.61. The van der Waals surface area contributed by atoms with Crippen molar-refractivity contribution in [3.05, 3.63) is 68.9 Å². The number of aryl methyl sites for hydroxylation is 1. The Morgan fingerprint density at radius 3 is 2.75 bits per heavy atom. The fourth-order valence-electron chi connectivity index (χ4n) is 2.41. The quantitative estimate of drug-likeness (QED) is 0.748. The van der Waals surface area contributed by atoms with Crippen LogP contribution in [0, 0.1) is 6.92 Å². The molecule has 1 N–H and O–H groups in total. The molecule has 0 bridgehead atoms. The molecular formula is C17H18N4O2S. The summed E-state index contributed by atoms with van der Waals surface area (Å²) < 4.78 is 3.36. The molecule has 0 saturated carbocycles. The summed E-state index contributed by atoms with van der Waals surface area (Å²) in [6.45, 7) is 2.84. The maximum atomic E-state index is 12.2. The first-order valence-corrected chi connectivity index (χ1v) is 8.52. The van der Waals surface area contributed by atoms with E-state index >= 15 is 0 Å². The van der Waals surface area contributed by atoms with Gasteiger partial charge in [-0.1, -0.05) is 41.7 Å². The van der Waals surface area contributed by atoms with Crippen LogP contribution in [0.25, 0.3) is 0 Å². The van der Waals surface area contributed by atoms with Gasteiger partial charge in [0.25, 0.3) is 0 Å². The van der Waals surface area contributed by atoms with Crippen LogP contribution in [0.4, 0.5) is 5.82 Å². The second-order valence-electron chi connectivity index (χ2n) is 5.45. The highest BCUT2D eigenvalue weighted by molar-refractivity contribution is 7.07. The van der Waals surface area contributed by atoms with Gasteiger partial charge in [0.2, 0.25) is 5.91 Å². The van der Waals surface area contributed by atoms with Crippen LogP contribution >= 0.6 is 11.3 Å². The van der Waals surface area contributed by atoms with Crippen LogP contribution in [0.1, 0.15) is 17.7 Å². The normalized spacial score (nSPS) is 10.7. The third kappa shape index (κ3) is 3.80. The Labute approximate surface area is 143 Å². The minimum atomic E-state index is -0.137. The second-order valence-corrected chi connectivity index (χ2v) is 6.27. The number of carbonyl (C=O) groups excluding carboxylic acids is 1. The van der Waals surface area contributed by atoms with E-state index in [1.165, 1.54) is 0 Å². The molecule has 0 radical (unpaired) electrons. The summed E-state index contributed by atoms with van der Waals surface area (Å²) in [5, 5.41) is 8.91. The summed E-state index contributed by atoms with van der Waals surface area (Å²) >= 11 is 1.15. The summed E-state index contributed by atoms with van der Waals surface area (Å²) in [5.74, 6) is 0.514. The van der Waals surface area contributed by atoms with E-state index in [1.807, 2.05) is 37.3 Å². The fraction of sp³-hybridized carbons (Fsp3) is 0.235. The molecule has 1 aromatic carbocycles. The van der Waals surface area contributed by atoms with Gasteiger partial charge in [0, 0.05) is 30.1 Å². The number of hydrogen-bond donors (Lipinski definition) is 1.